The Morgan fingerprint density at radius 2 is 2.19 bits per heavy atom. The van der Waals surface area contributed by atoms with Crippen LogP contribution >= 0.6 is 23.5 Å². The number of hydrogen-bond donors (Lipinski definition) is 1. The molecule has 116 valence electrons. The summed E-state index contributed by atoms with van der Waals surface area (Å²) in [6, 6.07) is 5.57. The van der Waals surface area contributed by atoms with Crippen LogP contribution in [0.5, 0.6) is 0 Å². The van der Waals surface area contributed by atoms with E-state index in [1.165, 1.54) is 19.1 Å². The monoisotopic (exact) mass is 381 g/mol. The summed E-state index contributed by atoms with van der Waals surface area (Å²) in [6.07, 6.45) is -0.364. The number of hydrogen-bond acceptors (Lipinski definition) is 3. The summed E-state index contributed by atoms with van der Waals surface area (Å²) >= 11 is 2.95. The molecule has 1 N–H and O–H groups in total. The van der Waals surface area contributed by atoms with Crippen LogP contribution in [0.4, 0.5) is 8.78 Å². The van der Waals surface area contributed by atoms with Gasteiger partial charge in [0.1, 0.15) is 0 Å². The van der Waals surface area contributed by atoms with Crippen LogP contribution in [-0.2, 0) is 21.2 Å². The van der Waals surface area contributed by atoms with Gasteiger partial charge in [-0.05, 0) is 25.0 Å². The first kappa shape index (κ1) is 18.2. The van der Waals surface area contributed by atoms with Gasteiger partial charge in [0.2, 0.25) is 0 Å². The molecule has 0 fully saturated rings. The van der Waals surface area contributed by atoms with Crippen molar-refractivity contribution in [3.63, 3.8) is 0 Å². The predicted octanol–water partition coefficient (Wildman–Crippen LogP) is 4.56. The highest BCUT2D eigenvalue weighted by Crippen LogP contribution is 2.64. The van der Waals surface area contributed by atoms with E-state index in [2.05, 4.69) is 20.5 Å². The smallest absolute Gasteiger partial charge is 0.320 e. The van der Waals surface area contributed by atoms with Crippen molar-refractivity contribution >= 4 is 23.5 Å². The van der Waals surface area contributed by atoms with Gasteiger partial charge in [-0.1, -0.05) is 35.0 Å². The zero-order chi connectivity index (χ0) is 16.3. The van der Waals surface area contributed by atoms with E-state index in [0.29, 0.717) is 12.0 Å². The molecule has 2 atom stereocenters. The van der Waals surface area contributed by atoms with Crippen LogP contribution in [0.15, 0.2) is 22.7 Å². The first-order valence-corrected chi connectivity index (χ1v) is 8.57. The van der Waals surface area contributed by atoms with Crippen molar-refractivity contribution in [1.29, 1.82) is 5.26 Å². The molecule has 0 aliphatic carbocycles. The third-order valence-electron chi connectivity index (χ3n) is 2.89. The zero-order valence-corrected chi connectivity index (χ0v) is 14.0. The average molecular weight is 382 g/mol. The highest BCUT2D eigenvalue weighted by molar-refractivity contribution is 9.10. The zero-order valence-electron chi connectivity index (χ0n) is 11.5. The number of nitrogens with zero attached hydrogens (tertiary/aromatic N) is 1. The fraction of sp³-hybridized carbons (Fsp3) is 0.462. The molecule has 0 saturated heterocycles. The summed E-state index contributed by atoms with van der Waals surface area (Å²) in [5.41, 5.74) is -4.15. The Labute approximate surface area is 130 Å². The molecular formula is C13H15BrF2NO3P. The van der Waals surface area contributed by atoms with Crippen molar-refractivity contribution in [3.05, 3.63) is 33.8 Å². The number of alkyl halides is 2. The van der Waals surface area contributed by atoms with Crippen molar-refractivity contribution in [2.75, 3.05) is 0 Å². The molecule has 0 aliphatic rings. The van der Waals surface area contributed by atoms with Crippen molar-refractivity contribution in [2.45, 2.75) is 38.5 Å². The van der Waals surface area contributed by atoms with Crippen LogP contribution in [0, 0.1) is 11.3 Å². The van der Waals surface area contributed by atoms with Gasteiger partial charge in [-0.15, -0.1) is 0 Å². The largest absolute Gasteiger partial charge is 0.402 e. The second-order valence-electron chi connectivity index (χ2n) is 4.54. The minimum absolute atomic E-state index is 0.0396. The summed E-state index contributed by atoms with van der Waals surface area (Å²) in [4.78, 5) is 9.60. The van der Waals surface area contributed by atoms with Crippen molar-refractivity contribution in [3.8, 4) is 6.07 Å². The predicted molar refractivity (Wildman–Crippen MR) is 78.0 cm³/mol. The maximum absolute atomic E-state index is 14.3. The summed E-state index contributed by atoms with van der Waals surface area (Å²) in [7, 11) is -5.18. The molecule has 1 aromatic rings. The molecule has 0 bridgehead atoms. The van der Waals surface area contributed by atoms with E-state index >= 15 is 0 Å². The second kappa shape index (κ2) is 6.97. The van der Waals surface area contributed by atoms with Crippen LogP contribution in [0.3, 0.4) is 0 Å². The van der Waals surface area contributed by atoms with E-state index in [9.17, 15) is 18.2 Å². The lowest BCUT2D eigenvalue weighted by molar-refractivity contribution is 0.0341. The highest BCUT2D eigenvalue weighted by Gasteiger charge is 2.54. The van der Waals surface area contributed by atoms with Gasteiger partial charge in [-0.3, -0.25) is 4.57 Å². The average Bonchev–Trinajstić information content (AvgIpc) is 2.38. The van der Waals surface area contributed by atoms with E-state index in [0.717, 1.165) is 6.07 Å². The van der Waals surface area contributed by atoms with Crippen molar-refractivity contribution in [1.82, 2.24) is 0 Å². The summed E-state index contributed by atoms with van der Waals surface area (Å²) in [5, 5.41) is 8.58. The molecule has 1 aromatic carbocycles. The number of benzene rings is 1. The van der Waals surface area contributed by atoms with E-state index in [1.54, 1.807) is 6.92 Å². The molecule has 0 saturated carbocycles. The number of nitriles is 1. The summed E-state index contributed by atoms with van der Waals surface area (Å²) in [6.45, 7) is 3.11. The molecule has 8 heteroatoms. The first-order valence-electron chi connectivity index (χ1n) is 6.20. The van der Waals surface area contributed by atoms with E-state index < -0.39 is 24.9 Å². The Hall–Kier alpha value is -0.800. The van der Waals surface area contributed by atoms with Crippen LogP contribution in [0.25, 0.3) is 0 Å². The Bertz CT molecular complexity index is 604. The Kier molecular flexibility index (Phi) is 6.06. The van der Waals surface area contributed by atoms with Crippen LogP contribution in [0.1, 0.15) is 31.4 Å². The van der Waals surface area contributed by atoms with Crippen LogP contribution in [0.2, 0.25) is 0 Å². The fourth-order valence-electron chi connectivity index (χ4n) is 1.54. The molecule has 0 aromatic heterocycles. The molecule has 0 radical (unpaired) electrons. The molecule has 2 unspecified atom stereocenters. The van der Waals surface area contributed by atoms with Gasteiger partial charge >= 0.3 is 13.3 Å². The quantitative estimate of drug-likeness (QED) is 0.732. The van der Waals surface area contributed by atoms with Gasteiger partial charge in [0.25, 0.3) is 0 Å². The Morgan fingerprint density at radius 1 is 1.57 bits per heavy atom. The van der Waals surface area contributed by atoms with Gasteiger partial charge in [-0.2, -0.15) is 14.0 Å². The summed E-state index contributed by atoms with van der Waals surface area (Å²) < 4.78 is 45.0. The molecule has 4 nitrogen and oxygen atoms in total. The molecule has 0 spiro atoms. The topological polar surface area (TPSA) is 70.3 Å². The van der Waals surface area contributed by atoms with Gasteiger partial charge in [0.15, 0.2) is 0 Å². The highest BCUT2D eigenvalue weighted by atomic mass is 79.9. The van der Waals surface area contributed by atoms with E-state index in [4.69, 9.17) is 5.26 Å². The van der Waals surface area contributed by atoms with Crippen LogP contribution < -0.4 is 0 Å². The second-order valence-corrected chi connectivity index (χ2v) is 7.20. The molecule has 0 heterocycles. The lowest BCUT2D eigenvalue weighted by atomic mass is 10.1. The lowest BCUT2D eigenvalue weighted by Gasteiger charge is -2.25. The van der Waals surface area contributed by atoms with Crippen molar-refractivity contribution < 1.29 is 22.8 Å². The number of rotatable bonds is 6. The maximum Gasteiger partial charge on any atom is 0.402 e. The standard InChI is InChI=1S/C13H15BrF2NO3P/c1-3-9(2)20-21(18,19)13(15,16)11-5-4-10(6-7-17)8-12(11)14/h4-5,8-9H,3,6H2,1-2H3,(H,18,19). The minimum Gasteiger partial charge on any atom is -0.320 e. The number of halogens is 3. The molecular weight excluding hydrogens is 367 g/mol. The third kappa shape index (κ3) is 4.10. The molecule has 21 heavy (non-hydrogen) atoms. The minimum atomic E-state index is -5.18. The first-order chi connectivity index (χ1) is 9.65. The van der Waals surface area contributed by atoms with Crippen LogP contribution in [-0.4, -0.2) is 11.0 Å². The van der Waals surface area contributed by atoms with Gasteiger partial charge < -0.3 is 9.42 Å². The fourth-order valence-corrected chi connectivity index (χ4v) is 3.64. The van der Waals surface area contributed by atoms with Crippen molar-refractivity contribution in [2.24, 2.45) is 0 Å². The third-order valence-corrected chi connectivity index (χ3v) is 5.15. The molecule has 1 rings (SSSR count). The maximum atomic E-state index is 14.3. The van der Waals surface area contributed by atoms with E-state index in [-0.39, 0.29) is 10.9 Å². The van der Waals surface area contributed by atoms with Gasteiger partial charge in [-0.25, -0.2) is 0 Å². The van der Waals surface area contributed by atoms with Gasteiger partial charge in [0.05, 0.1) is 18.6 Å². The van der Waals surface area contributed by atoms with Gasteiger partial charge in [0, 0.05) is 10.0 Å². The Balaban J connectivity index is 3.18. The Morgan fingerprint density at radius 3 is 2.67 bits per heavy atom. The normalized spacial score (nSPS) is 16.0. The molecule has 0 aliphatic heterocycles. The van der Waals surface area contributed by atoms with E-state index in [1.807, 2.05) is 6.07 Å². The summed E-state index contributed by atoms with van der Waals surface area (Å²) in [5.74, 6) is 0. The lowest BCUT2D eigenvalue weighted by Crippen LogP contribution is -2.19. The molecule has 0 amide bonds. The SMILES string of the molecule is CCC(C)OP(=O)(O)C(F)(F)c1ccc(CC#N)cc1Br.